The molecule has 0 radical (unpaired) electrons. The number of benzene rings is 1. The molecule has 1 aliphatic rings. The molecule has 0 saturated heterocycles. The van der Waals surface area contributed by atoms with Crippen molar-refractivity contribution in [1.82, 2.24) is 5.32 Å². The normalized spacial score (nSPS) is 22.6. The fourth-order valence-corrected chi connectivity index (χ4v) is 2.18. The molecule has 1 fully saturated rings. The molecule has 0 atom stereocenters. The van der Waals surface area contributed by atoms with E-state index in [1.165, 1.54) is 0 Å². The van der Waals surface area contributed by atoms with Gasteiger partial charge in [-0.2, -0.15) is 0 Å². The van der Waals surface area contributed by atoms with Gasteiger partial charge in [-0.15, -0.1) is 0 Å². The van der Waals surface area contributed by atoms with Crippen molar-refractivity contribution >= 4 is 17.5 Å². The largest absolute Gasteiger partial charge is 0.393 e. The van der Waals surface area contributed by atoms with Crippen molar-refractivity contribution in [2.45, 2.75) is 37.8 Å². The first-order valence-corrected chi connectivity index (χ1v) is 6.50. The lowest BCUT2D eigenvalue weighted by Gasteiger charge is -2.25. The van der Waals surface area contributed by atoms with Crippen LogP contribution in [0.1, 0.15) is 25.7 Å². The van der Waals surface area contributed by atoms with E-state index < -0.39 is 11.8 Å². The fourth-order valence-electron chi connectivity index (χ4n) is 2.18. The topological polar surface area (TPSA) is 78.4 Å². The first-order chi connectivity index (χ1) is 9.15. The lowest BCUT2D eigenvalue weighted by atomic mass is 9.93. The summed E-state index contributed by atoms with van der Waals surface area (Å²) < 4.78 is 0. The van der Waals surface area contributed by atoms with Crippen molar-refractivity contribution in [3.05, 3.63) is 30.3 Å². The van der Waals surface area contributed by atoms with Crippen LogP contribution in [0.2, 0.25) is 0 Å². The highest BCUT2D eigenvalue weighted by Crippen LogP contribution is 2.18. The van der Waals surface area contributed by atoms with Crippen molar-refractivity contribution in [2.24, 2.45) is 0 Å². The number of carbonyl (C=O) groups is 2. The molecule has 0 unspecified atom stereocenters. The summed E-state index contributed by atoms with van der Waals surface area (Å²) in [6.07, 6.45) is 2.50. The number of carbonyl (C=O) groups excluding carboxylic acids is 2. The number of amides is 2. The van der Waals surface area contributed by atoms with Gasteiger partial charge in [0.25, 0.3) is 0 Å². The number of aliphatic hydroxyl groups excluding tert-OH is 1. The highest BCUT2D eigenvalue weighted by molar-refractivity contribution is 6.39. The molecule has 1 aliphatic carbocycles. The minimum Gasteiger partial charge on any atom is -0.393 e. The number of aliphatic hydroxyl groups is 1. The third-order valence-corrected chi connectivity index (χ3v) is 3.27. The molecule has 0 bridgehead atoms. The van der Waals surface area contributed by atoms with Gasteiger partial charge in [-0.1, -0.05) is 18.2 Å². The van der Waals surface area contributed by atoms with Gasteiger partial charge in [-0.05, 0) is 37.8 Å². The number of para-hydroxylation sites is 1. The van der Waals surface area contributed by atoms with E-state index in [-0.39, 0.29) is 12.1 Å². The molecule has 2 rings (SSSR count). The van der Waals surface area contributed by atoms with Gasteiger partial charge in [0.1, 0.15) is 0 Å². The standard InChI is InChI=1S/C14H18N2O3/c17-12-8-6-11(7-9-12)16-14(19)13(18)15-10-4-2-1-3-5-10/h1-5,11-12,17H,6-9H2,(H,15,18)(H,16,19). The highest BCUT2D eigenvalue weighted by Gasteiger charge is 2.23. The Morgan fingerprint density at radius 3 is 2.26 bits per heavy atom. The third-order valence-electron chi connectivity index (χ3n) is 3.27. The molecule has 0 spiro atoms. The highest BCUT2D eigenvalue weighted by atomic mass is 16.3. The minimum atomic E-state index is -0.655. The maximum Gasteiger partial charge on any atom is 0.313 e. The van der Waals surface area contributed by atoms with Crippen molar-refractivity contribution < 1.29 is 14.7 Å². The molecule has 5 heteroatoms. The monoisotopic (exact) mass is 262 g/mol. The summed E-state index contributed by atoms with van der Waals surface area (Å²) in [5.41, 5.74) is 0.599. The smallest absolute Gasteiger partial charge is 0.313 e. The van der Waals surface area contributed by atoms with E-state index in [4.69, 9.17) is 0 Å². The maximum absolute atomic E-state index is 11.7. The van der Waals surface area contributed by atoms with E-state index in [9.17, 15) is 14.7 Å². The lowest BCUT2D eigenvalue weighted by Crippen LogP contribution is -2.43. The van der Waals surface area contributed by atoms with Crippen LogP contribution < -0.4 is 10.6 Å². The minimum absolute atomic E-state index is 0.0163. The average molecular weight is 262 g/mol. The van der Waals surface area contributed by atoms with Gasteiger partial charge in [-0.25, -0.2) is 0 Å². The van der Waals surface area contributed by atoms with Crippen LogP contribution in [0.25, 0.3) is 0 Å². The zero-order valence-corrected chi connectivity index (χ0v) is 10.6. The predicted octanol–water partition coefficient (Wildman–Crippen LogP) is 1.04. The van der Waals surface area contributed by atoms with Gasteiger partial charge in [0.2, 0.25) is 0 Å². The summed E-state index contributed by atoms with van der Waals surface area (Å²) in [5.74, 6) is -1.28. The molecular formula is C14H18N2O3. The molecule has 1 saturated carbocycles. The number of hydrogen-bond donors (Lipinski definition) is 3. The van der Waals surface area contributed by atoms with Crippen LogP contribution in [-0.2, 0) is 9.59 Å². The van der Waals surface area contributed by atoms with E-state index in [1.807, 2.05) is 6.07 Å². The third kappa shape index (κ3) is 4.06. The second-order valence-corrected chi connectivity index (χ2v) is 4.80. The molecule has 1 aromatic carbocycles. The Bertz CT molecular complexity index is 439. The summed E-state index contributed by atoms with van der Waals surface area (Å²) >= 11 is 0. The fraction of sp³-hybridized carbons (Fsp3) is 0.429. The predicted molar refractivity (Wildman–Crippen MR) is 71.5 cm³/mol. The zero-order valence-electron chi connectivity index (χ0n) is 10.6. The van der Waals surface area contributed by atoms with Gasteiger partial charge in [0.15, 0.2) is 0 Å². The molecule has 0 aromatic heterocycles. The number of hydrogen-bond acceptors (Lipinski definition) is 3. The van der Waals surface area contributed by atoms with Crippen LogP contribution in [-0.4, -0.2) is 29.1 Å². The summed E-state index contributed by atoms with van der Waals surface area (Å²) in [6.45, 7) is 0. The Morgan fingerprint density at radius 1 is 1.00 bits per heavy atom. The van der Waals surface area contributed by atoms with Crippen LogP contribution in [0.5, 0.6) is 0 Å². The number of rotatable bonds is 2. The Labute approximate surface area is 112 Å². The quantitative estimate of drug-likeness (QED) is 0.697. The number of anilines is 1. The summed E-state index contributed by atoms with van der Waals surface area (Å²) in [5, 5.41) is 14.6. The van der Waals surface area contributed by atoms with Gasteiger partial charge < -0.3 is 15.7 Å². The first kappa shape index (κ1) is 13.5. The van der Waals surface area contributed by atoms with Crippen molar-refractivity contribution in [3.8, 4) is 0 Å². The van der Waals surface area contributed by atoms with E-state index in [0.717, 1.165) is 0 Å². The van der Waals surface area contributed by atoms with Crippen molar-refractivity contribution in [3.63, 3.8) is 0 Å². The van der Waals surface area contributed by atoms with Gasteiger partial charge >= 0.3 is 11.8 Å². The van der Waals surface area contributed by atoms with Gasteiger partial charge in [-0.3, -0.25) is 9.59 Å². The number of nitrogens with one attached hydrogen (secondary N) is 2. The summed E-state index contributed by atoms with van der Waals surface area (Å²) in [6, 6.07) is 8.84. The Kier molecular flexibility index (Phi) is 4.52. The summed E-state index contributed by atoms with van der Waals surface area (Å²) in [7, 11) is 0. The Morgan fingerprint density at radius 2 is 1.63 bits per heavy atom. The Balaban J connectivity index is 1.81. The van der Waals surface area contributed by atoms with Crippen LogP contribution in [0.15, 0.2) is 30.3 Å². The van der Waals surface area contributed by atoms with E-state index in [0.29, 0.717) is 31.4 Å². The maximum atomic E-state index is 11.7. The van der Waals surface area contributed by atoms with Gasteiger partial charge in [0, 0.05) is 11.7 Å². The zero-order chi connectivity index (χ0) is 13.7. The first-order valence-electron chi connectivity index (χ1n) is 6.50. The molecule has 0 aliphatic heterocycles. The average Bonchev–Trinajstić information content (AvgIpc) is 2.42. The van der Waals surface area contributed by atoms with Gasteiger partial charge in [0.05, 0.1) is 6.10 Å². The van der Waals surface area contributed by atoms with Crippen LogP contribution in [0.4, 0.5) is 5.69 Å². The molecule has 19 heavy (non-hydrogen) atoms. The SMILES string of the molecule is O=C(Nc1ccccc1)C(=O)NC1CCC(O)CC1. The molecule has 5 nitrogen and oxygen atoms in total. The van der Waals surface area contributed by atoms with Crippen LogP contribution >= 0.6 is 0 Å². The second-order valence-electron chi connectivity index (χ2n) is 4.80. The van der Waals surface area contributed by atoms with Crippen LogP contribution in [0.3, 0.4) is 0 Å². The Hall–Kier alpha value is -1.88. The van der Waals surface area contributed by atoms with E-state index >= 15 is 0 Å². The molecule has 1 aromatic rings. The molecule has 102 valence electrons. The van der Waals surface area contributed by atoms with E-state index in [2.05, 4.69) is 10.6 Å². The second kappa shape index (κ2) is 6.33. The molecule has 3 N–H and O–H groups in total. The van der Waals surface area contributed by atoms with Crippen molar-refractivity contribution in [2.75, 3.05) is 5.32 Å². The molecule has 2 amide bonds. The summed E-state index contributed by atoms with van der Waals surface area (Å²) in [4.78, 5) is 23.4. The van der Waals surface area contributed by atoms with Crippen molar-refractivity contribution in [1.29, 1.82) is 0 Å². The molecular weight excluding hydrogens is 244 g/mol. The van der Waals surface area contributed by atoms with Crippen LogP contribution in [0, 0.1) is 0 Å². The van der Waals surface area contributed by atoms with E-state index in [1.54, 1.807) is 24.3 Å². The lowest BCUT2D eigenvalue weighted by molar-refractivity contribution is -0.136. The molecule has 0 heterocycles.